The second kappa shape index (κ2) is 8.38. The van der Waals surface area contributed by atoms with E-state index in [9.17, 15) is 18.0 Å². The molecule has 0 amide bonds. The van der Waals surface area contributed by atoms with Crippen LogP contribution in [0, 0.1) is 0 Å². The molecule has 0 bridgehead atoms. The lowest BCUT2D eigenvalue weighted by Gasteiger charge is -2.11. The number of rotatable bonds is 6. The largest absolute Gasteiger partial charge is 0.489 e. The molecule has 0 N–H and O–H groups in total. The zero-order chi connectivity index (χ0) is 18.4. The molecule has 0 aliphatic rings. The van der Waals surface area contributed by atoms with E-state index >= 15 is 0 Å². The molecule has 0 saturated carbocycles. The van der Waals surface area contributed by atoms with Crippen LogP contribution in [0.1, 0.15) is 23.6 Å². The van der Waals surface area contributed by atoms with E-state index in [2.05, 4.69) is 15.9 Å². The third-order valence-electron chi connectivity index (χ3n) is 3.27. The normalized spacial score (nSPS) is 11.2. The first kappa shape index (κ1) is 19.3. The van der Waals surface area contributed by atoms with Gasteiger partial charge in [-0.2, -0.15) is 13.2 Å². The predicted molar refractivity (Wildman–Crippen MR) is 90.3 cm³/mol. The van der Waals surface area contributed by atoms with Crippen LogP contribution < -0.4 is 4.74 Å². The summed E-state index contributed by atoms with van der Waals surface area (Å²) < 4.78 is 48.9. The Balaban J connectivity index is 2.02. The maximum atomic E-state index is 12.5. The molecule has 0 aliphatic heterocycles. The third-order valence-corrected chi connectivity index (χ3v) is 3.73. The van der Waals surface area contributed by atoms with Crippen molar-refractivity contribution in [3.05, 3.63) is 63.6 Å². The van der Waals surface area contributed by atoms with Crippen LogP contribution in [-0.4, -0.2) is 12.6 Å². The highest BCUT2D eigenvalue weighted by molar-refractivity contribution is 9.10. The zero-order valence-corrected chi connectivity index (χ0v) is 15.0. The van der Waals surface area contributed by atoms with Gasteiger partial charge in [0.25, 0.3) is 0 Å². The molecule has 0 spiro atoms. The van der Waals surface area contributed by atoms with Gasteiger partial charge in [0.2, 0.25) is 0 Å². The van der Waals surface area contributed by atoms with E-state index in [1.807, 2.05) is 0 Å². The van der Waals surface area contributed by atoms with Gasteiger partial charge in [-0.3, -0.25) is 4.79 Å². The van der Waals surface area contributed by atoms with Gasteiger partial charge in [0.15, 0.2) is 0 Å². The Morgan fingerprint density at radius 3 is 2.36 bits per heavy atom. The third kappa shape index (κ3) is 6.08. The maximum absolute atomic E-state index is 12.5. The molecule has 7 heteroatoms. The van der Waals surface area contributed by atoms with E-state index in [4.69, 9.17) is 9.47 Å². The van der Waals surface area contributed by atoms with Gasteiger partial charge in [0.1, 0.15) is 12.4 Å². The molecule has 0 fully saturated rings. The van der Waals surface area contributed by atoms with Crippen LogP contribution in [0.15, 0.2) is 46.9 Å². The number of hydrogen-bond acceptors (Lipinski definition) is 3. The first-order valence-corrected chi connectivity index (χ1v) is 8.31. The summed E-state index contributed by atoms with van der Waals surface area (Å²) in [5.74, 6) is 0.169. The molecule has 2 aromatic carbocycles. The lowest BCUT2D eigenvalue weighted by atomic mass is 10.1. The molecule has 0 unspecified atom stereocenters. The smallest absolute Gasteiger partial charge is 0.416 e. The predicted octanol–water partition coefficient (Wildman–Crippen LogP) is 5.15. The van der Waals surface area contributed by atoms with Crippen LogP contribution in [-0.2, 0) is 28.7 Å². The molecule has 2 aromatic rings. The average molecular weight is 417 g/mol. The first-order chi connectivity index (χ1) is 11.8. The molecule has 0 aromatic heterocycles. The van der Waals surface area contributed by atoms with Crippen molar-refractivity contribution in [3.63, 3.8) is 0 Å². The fourth-order valence-electron chi connectivity index (χ4n) is 2.14. The number of alkyl halides is 3. The van der Waals surface area contributed by atoms with E-state index in [1.165, 1.54) is 12.1 Å². The molecule has 0 aliphatic carbocycles. The molecule has 2 rings (SSSR count). The Bertz CT molecular complexity index is 727. The highest BCUT2D eigenvalue weighted by Gasteiger charge is 2.29. The molecule has 25 heavy (non-hydrogen) atoms. The zero-order valence-electron chi connectivity index (χ0n) is 13.4. The fraction of sp³-hybridized carbons (Fsp3) is 0.278. The lowest BCUT2D eigenvalue weighted by Crippen LogP contribution is -2.07. The summed E-state index contributed by atoms with van der Waals surface area (Å²) in [4.78, 5) is 11.6. The summed E-state index contributed by atoms with van der Waals surface area (Å²) in [6.45, 7) is 2.16. The highest BCUT2D eigenvalue weighted by Crippen LogP contribution is 2.29. The second-order valence-corrected chi connectivity index (χ2v) is 6.18. The van der Waals surface area contributed by atoms with Crippen molar-refractivity contribution in [3.8, 4) is 5.75 Å². The lowest BCUT2D eigenvalue weighted by molar-refractivity contribution is -0.142. The maximum Gasteiger partial charge on any atom is 0.416 e. The van der Waals surface area contributed by atoms with Crippen molar-refractivity contribution >= 4 is 21.9 Å². The van der Waals surface area contributed by atoms with Gasteiger partial charge in [0, 0.05) is 4.47 Å². The second-order valence-electron chi connectivity index (χ2n) is 5.26. The standard InChI is InChI=1S/C18H16BrF3O3/c1-2-24-17(23)9-13-7-15(19)10-16(8-13)25-11-12-3-5-14(6-4-12)18(20,21)22/h3-8,10H,2,9,11H2,1H3. The summed E-state index contributed by atoms with van der Waals surface area (Å²) in [6.07, 6.45) is -4.24. The Morgan fingerprint density at radius 1 is 1.08 bits per heavy atom. The van der Waals surface area contributed by atoms with Crippen LogP contribution in [0.5, 0.6) is 5.75 Å². The summed E-state index contributed by atoms with van der Waals surface area (Å²) >= 11 is 3.34. The number of carbonyl (C=O) groups is 1. The molecule has 3 nitrogen and oxygen atoms in total. The number of benzene rings is 2. The Labute approximate surface area is 151 Å². The minimum absolute atomic E-state index is 0.115. The van der Waals surface area contributed by atoms with Gasteiger partial charge < -0.3 is 9.47 Å². The SMILES string of the molecule is CCOC(=O)Cc1cc(Br)cc(OCc2ccc(C(F)(F)F)cc2)c1. The summed E-state index contributed by atoms with van der Waals surface area (Å²) in [5.41, 5.74) is 0.630. The van der Waals surface area contributed by atoms with Crippen molar-refractivity contribution in [1.82, 2.24) is 0 Å². The van der Waals surface area contributed by atoms with Crippen LogP contribution in [0.3, 0.4) is 0 Å². The van der Waals surface area contributed by atoms with E-state index in [-0.39, 0.29) is 19.0 Å². The topological polar surface area (TPSA) is 35.5 Å². The number of halogens is 4. The van der Waals surface area contributed by atoms with Gasteiger partial charge >= 0.3 is 12.1 Å². The van der Waals surface area contributed by atoms with Crippen molar-refractivity contribution in [1.29, 1.82) is 0 Å². The Hall–Kier alpha value is -2.02. The van der Waals surface area contributed by atoms with Gasteiger partial charge in [-0.25, -0.2) is 0 Å². The number of ether oxygens (including phenoxy) is 2. The van der Waals surface area contributed by atoms with Gasteiger partial charge in [0.05, 0.1) is 18.6 Å². The Kier molecular flexibility index (Phi) is 6.47. The van der Waals surface area contributed by atoms with E-state index in [1.54, 1.807) is 25.1 Å². The minimum Gasteiger partial charge on any atom is -0.489 e. The van der Waals surface area contributed by atoms with E-state index in [0.29, 0.717) is 17.9 Å². The van der Waals surface area contributed by atoms with Crippen molar-refractivity contribution in [2.75, 3.05) is 6.61 Å². The summed E-state index contributed by atoms with van der Waals surface area (Å²) in [6, 6.07) is 9.99. The summed E-state index contributed by atoms with van der Waals surface area (Å²) in [7, 11) is 0. The van der Waals surface area contributed by atoms with Crippen molar-refractivity contribution in [2.45, 2.75) is 26.1 Å². The van der Waals surface area contributed by atoms with Crippen molar-refractivity contribution in [2.24, 2.45) is 0 Å². The number of esters is 1. The average Bonchev–Trinajstić information content (AvgIpc) is 2.52. The Morgan fingerprint density at radius 2 is 1.76 bits per heavy atom. The molecular weight excluding hydrogens is 401 g/mol. The first-order valence-electron chi connectivity index (χ1n) is 7.52. The van der Waals surface area contributed by atoms with Gasteiger partial charge in [-0.1, -0.05) is 28.1 Å². The van der Waals surface area contributed by atoms with Gasteiger partial charge in [-0.05, 0) is 48.4 Å². The molecule has 134 valence electrons. The fourth-order valence-corrected chi connectivity index (χ4v) is 2.66. The van der Waals surface area contributed by atoms with E-state index < -0.39 is 11.7 Å². The molecule has 0 radical (unpaired) electrons. The summed E-state index contributed by atoms with van der Waals surface area (Å²) in [5, 5.41) is 0. The van der Waals surface area contributed by atoms with E-state index in [0.717, 1.165) is 22.2 Å². The number of hydrogen-bond donors (Lipinski definition) is 0. The molecule has 0 saturated heterocycles. The monoisotopic (exact) mass is 416 g/mol. The van der Waals surface area contributed by atoms with Crippen LogP contribution in [0.2, 0.25) is 0 Å². The highest BCUT2D eigenvalue weighted by atomic mass is 79.9. The molecular formula is C18H16BrF3O3. The van der Waals surface area contributed by atoms with Crippen LogP contribution >= 0.6 is 15.9 Å². The number of carbonyl (C=O) groups excluding carboxylic acids is 1. The minimum atomic E-state index is -4.36. The quantitative estimate of drug-likeness (QED) is 0.610. The molecule has 0 heterocycles. The van der Waals surface area contributed by atoms with Crippen LogP contribution in [0.25, 0.3) is 0 Å². The molecule has 0 atom stereocenters. The van der Waals surface area contributed by atoms with Crippen LogP contribution in [0.4, 0.5) is 13.2 Å². The van der Waals surface area contributed by atoms with Crippen molar-refractivity contribution < 1.29 is 27.4 Å². The van der Waals surface area contributed by atoms with Gasteiger partial charge in [-0.15, -0.1) is 0 Å².